The molecule has 20 nitrogen and oxygen atoms in total. The summed E-state index contributed by atoms with van der Waals surface area (Å²) in [6, 6.07) is 10.4. The lowest BCUT2D eigenvalue weighted by Gasteiger charge is -2.33. The number of allylic oxidation sites excluding steroid dienone is 7. The van der Waals surface area contributed by atoms with Crippen LogP contribution in [0.1, 0.15) is 54.4 Å². The highest BCUT2D eigenvalue weighted by atomic mass is 32.2. The van der Waals surface area contributed by atoms with Gasteiger partial charge in [-0.3, -0.25) is 34.2 Å². The second-order valence-corrected chi connectivity index (χ2v) is 16.3. The molecule has 0 fully saturated rings. The van der Waals surface area contributed by atoms with Gasteiger partial charge < -0.3 is 20.8 Å². The summed E-state index contributed by atoms with van der Waals surface area (Å²) in [6.45, 7) is 18.9. The van der Waals surface area contributed by atoms with Crippen molar-refractivity contribution in [2.45, 2.75) is 59.3 Å². The first-order chi connectivity index (χ1) is 30.6. The number of anilines is 1. The molecule has 3 aromatic rings. The summed E-state index contributed by atoms with van der Waals surface area (Å²) < 4.78 is 33.0. The average Bonchev–Trinajstić information content (AvgIpc) is 3.27. The molecule has 2 aliphatic rings. The number of phenols is 1. The second kappa shape index (κ2) is 22.2. The number of aliphatic hydroxyl groups excluding tert-OH is 1. The SMILES string of the molecule is CCN(CC)CCCN=c1nc([N+](CC)(CC)CCCN)[nH]c(=Nc2cccc(NN=C3C=C(C)C(=NN=C4C(=O)C=CC(N=Nc5cc(S(=O)(=O)O)ccc5O)=C4O)C=C3C)c2)[nH]1. The number of nitrogens with two attached hydrogens (primary N) is 1. The number of carbonyl (C=O) groups is 1. The van der Waals surface area contributed by atoms with Gasteiger partial charge in [0.1, 0.15) is 17.1 Å². The number of hydrogen-bond donors (Lipinski definition) is 7. The molecule has 2 aromatic carbocycles. The molecule has 0 unspecified atom stereocenters. The highest BCUT2D eigenvalue weighted by Gasteiger charge is 2.29. The predicted molar refractivity (Wildman–Crippen MR) is 249 cm³/mol. The number of aliphatic hydroxyl groups is 1. The Morgan fingerprint density at radius 1 is 0.906 bits per heavy atom. The Bertz CT molecular complexity index is 2720. The third-order valence-corrected chi connectivity index (χ3v) is 11.5. The lowest BCUT2D eigenvalue weighted by atomic mass is 9.98. The van der Waals surface area contributed by atoms with E-state index in [1.54, 1.807) is 19.1 Å². The lowest BCUT2D eigenvalue weighted by molar-refractivity contribution is -0.109. The Kier molecular flexibility index (Phi) is 16.8. The van der Waals surface area contributed by atoms with Gasteiger partial charge in [-0.1, -0.05) is 19.9 Å². The second-order valence-electron chi connectivity index (χ2n) is 14.9. The largest absolute Gasteiger partial charge is 0.506 e. The molecule has 0 amide bonds. The molecule has 0 bridgehead atoms. The summed E-state index contributed by atoms with van der Waals surface area (Å²) in [6.07, 6.45) is 7.56. The van der Waals surface area contributed by atoms with Gasteiger partial charge in [-0.2, -0.15) is 18.6 Å². The van der Waals surface area contributed by atoms with Crippen molar-refractivity contribution in [1.82, 2.24) is 24.3 Å². The number of benzene rings is 2. The van der Waals surface area contributed by atoms with Crippen LogP contribution in [0.25, 0.3) is 0 Å². The minimum absolute atomic E-state index is 0.207. The molecule has 0 atom stereocenters. The van der Waals surface area contributed by atoms with Gasteiger partial charge in [-0.05, 0) is 132 Å². The van der Waals surface area contributed by atoms with Crippen LogP contribution in [0.15, 0.2) is 130 Å². The Balaban J connectivity index is 1.37. The van der Waals surface area contributed by atoms with Crippen LogP contribution in [0.4, 0.5) is 23.0 Å². The van der Waals surface area contributed by atoms with Crippen molar-refractivity contribution in [2.75, 3.05) is 57.8 Å². The van der Waals surface area contributed by atoms with Crippen molar-refractivity contribution in [1.29, 1.82) is 0 Å². The number of quaternary nitrogens is 1. The summed E-state index contributed by atoms with van der Waals surface area (Å²) in [4.78, 5) is 36.0. The molecule has 2 aliphatic carbocycles. The fraction of sp³-hybridized carbons (Fsp3) is 0.372. The molecule has 5 rings (SSSR count). The molecule has 64 heavy (non-hydrogen) atoms. The van der Waals surface area contributed by atoms with Crippen molar-refractivity contribution in [2.24, 2.45) is 41.3 Å². The van der Waals surface area contributed by atoms with E-state index in [-0.39, 0.29) is 11.4 Å². The Labute approximate surface area is 372 Å². The van der Waals surface area contributed by atoms with Gasteiger partial charge in [0.05, 0.1) is 47.3 Å². The third kappa shape index (κ3) is 12.6. The normalized spacial score (nSPS) is 17.5. The number of hydrogen-bond acceptors (Lipinski definition) is 16. The van der Waals surface area contributed by atoms with E-state index < -0.39 is 38.0 Å². The van der Waals surface area contributed by atoms with Gasteiger partial charge in [-0.15, -0.1) is 20.3 Å². The van der Waals surface area contributed by atoms with Gasteiger partial charge in [0, 0.05) is 13.0 Å². The van der Waals surface area contributed by atoms with Crippen LogP contribution in [0.3, 0.4) is 0 Å². The van der Waals surface area contributed by atoms with E-state index in [1.807, 2.05) is 31.2 Å². The first kappa shape index (κ1) is 48.5. The van der Waals surface area contributed by atoms with Crippen molar-refractivity contribution < 1.29 is 28.0 Å². The van der Waals surface area contributed by atoms with Crippen LogP contribution >= 0.6 is 0 Å². The molecule has 1 aromatic heterocycles. The number of hydrazone groups is 1. The number of aromatic amines is 2. The maximum Gasteiger partial charge on any atom is 0.312 e. The zero-order chi connectivity index (χ0) is 46.4. The number of phenolic OH excluding ortho intramolecular Hbond substituents is 1. The molecule has 8 N–H and O–H groups in total. The zero-order valence-corrected chi connectivity index (χ0v) is 37.8. The molecule has 0 spiro atoms. The highest BCUT2D eigenvalue weighted by Crippen LogP contribution is 2.30. The fourth-order valence-electron chi connectivity index (χ4n) is 6.71. The number of nitrogens with one attached hydrogen (secondary N) is 3. The standard InChI is InChI=1S/C43H56N14O6S/c1-7-56(8-2)22-13-21-45-41-47-42(49-43(48-41)57(9-3,10-4)23-12-20-44)46-30-14-11-15-31(26-30)50-52-34-24-29(6)35(25-28(34)5)53-55-39-38(59)19-17-33(40(39)60)51-54-36-27-32(64(61,62)63)16-18-37(36)58/h11,14-19,24-27H,7-10,12-13,20-23,44H2,1-6H3,(H5-,45,46,47,48,49,50,51,52,53,54,55,58,59,60,61,62,63)/p+1. The number of aromatic hydroxyl groups is 1. The summed E-state index contributed by atoms with van der Waals surface area (Å²) in [7, 11) is -4.58. The number of rotatable bonds is 19. The van der Waals surface area contributed by atoms with E-state index in [1.165, 1.54) is 6.08 Å². The number of H-pyrrole nitrogens is 2. The molecule has 0 aliphatic heterocycles. The van der Waals surface area contributed by atoms with Gasteiger partial charge in [0.25, 0.3) is 10.1 Å². The minimum atomic E-state index is -4.58. The molecule has 340 valence electrons. The van der Waals surface area contributed by atoms with Crippen molar-refractivity contribution in [3.63, 3.8) is 0 Å². The topological polar surface area (TPSA) is 284 Å². The van der Waals surface area contributed by atoms with Gasteiger partial charge >= 0.3 is 5.95 Å². The number of aromatic nitrogens is 3. The average molecular weight is 898 g/mol. The van der Waals surface area contributed by atoms with Crippen LogP contribution in [0.2, 0.25) is 0 Å². The third-order valence-electron chi connectivity index (χ3n) is 10.7. The van der Waals surface area contributed by atoms with Crippen molar-refractivity contribution in [3.05, 3.63) is 101 Å². The number of carbonyl (C=O) groups excluding carboxylic acids is 1. The van der Waals surface area contributed by atoms with E-state index >= 15 is 0 Å². The van der Waals surface area contributed by atoms with Crippen LogP contribution < -0.4 is 26.9 Å². The number of ketones is 1. The molecule has 21 heteroatoms. The zero-order valence-electron chi connectivity index (χ0n) is 36.9. The maximum absolute atomic E-state index is 12.7. The van der Waals surface area contributed by atoms with Crippen molar-refractivity contribution in [3.8, 4) is 5.75 Å². The van der Waals surface area contributed by atoms with Gasteiger partial charge in [0.15, 0.2) is 11.5 Å². The minimum Gasteiger partial charge on any atom is -0.506 e. The maximum atomic E-state index is 12.7. The van der Waals surface area contributed by atoms with E-state index in [0.29, 0.717) is 57.2 Å². The number of azo groups is 1. The van der Waals surface area contributed by atoms with E-state index in [0.717, 1.165) is 87.9 Å². The quantitative estimate of drug-likeness (QED) is 0.0153. The van der Waals surface area contributed by atoms with Crippen LogP contribution in [0, 0.1) is 0 Å². The van der Waals surface area contributed by atoms with Crippen LogP contribution in [-0.4, -0.2) is 118 Å². The summed E-state index contributed by atoms with van der Waals surface area (Å²) >= 11 is 0. The molecular weight excluding hydrogens is 841 g/mol. The van der Waals surface area contributed by atoms with Crippen LogP contribution in [-0.2, 0) is 14.9 Å². The van der Waals surface area contributed by atoms with E-state index in [2.05, 4.69) is 73.5 Å². The smallest absolute Gasteiger partial charge is 0.312 e. The Morgan fingerprint density at radius 3 is 2.34 bits per heavy atom. The molecule has 0 saturated carbocycles. The first-order valence-corrected chi connectivity index (χ1v) is 22.5. The first-order valence-electron chi connectivity index (χ1n) is 21.0. The van der Waals surface area contributed by atoms with E-state index in [9.17, 15) is 28.0 Å². The van der Waals surface area contributed by atoms with Crippen molar-refractivity contribution >= 4 is 56.0 Å². The molecular formula is C43H57N14O6S+. The van der Waals surface area contributed by atoms with Gasteiger partial charge in [0.2, 0.25) is 17.0 Å². The highest BCUT2D eigenvalue weighted by molar-refractivity contribution is 7.85. The summed E-state index contributed by atoms with van der Waals surface area (Å²) in [5.74, 6) is -0.961. The molecule has 0 radical (unpaired) electrons. The lowest BCUT2D eigenvalue weighted by Crippen LogP contribution is -2.53. The van der Waals surface area contributed by atoms with Gasteiger partial charge in [-0.25, -0.2) is 4.99 Å². The van der Waals surface area contributed by atoms with E-state index in [4.69, 9.17) is 20.7 Å². The molecule has 0 saturated heterocycles. The van der Waals surface area contributed by atoms with Crippen LogP contribution in [0.5, 0.6) is 5.75 Å². The fourth-order valence-corrected chi connectivity index (χ4v) is 7.21. The monoisotopic (exact) mass is 897 g/mol. The number of nitrogens with zero attached hydrogens (tertiary/aromatic N) is 10. The summed E-state index contributed by atoms with van der Waals surface area (Å²) in [5, 5.41) is 41.4. The summed E-state index contributed by atoms with van der Waals surface area (Å²) in [5.41, 5.74) is 12.9. The Hall–Kier alpha value is -6.52. The molecule has 1 heterocycles. The Morgan fingerprint density at radius 2 is 1.64 bits per heavy atom. The predicted octanol–water partition coefficient (Wildman–Crippen LogP) is 5.41.